The van der Waals surface area contributed by atoms with Crippen LogP contribution in [0.3, 0.4) is 0 Å². The van der Waals surface area contributed by atoms with Gasteiger partial charge in [0, 0.05) is 56.3 Å². The summed E-state index contributed by atoms with van der Waals surface area (Å²) in [6, 6.07) is 18.0. The van der Waals surface area contributed by atoms with Crippen molar-refractivity contribution in [1.82, 2.24) is 0 Å². The summed E-state index contributed by atoms with van der Waals surface area (Å²) < 4.78 is 0. The summed E-state index contributed by atoms with van der Waals surface area (Å²) >= 11 is 0. The van der Waals surface area contributed by atoms with Crippen molar-refractivity contribution in [2.45, 2.75) is 77.1 Å². The zero-order chi connectivity index (χ0) is 29.5. The summed E-state index contributed by atoms with van der Waals surface area (Å²) in [6.07, 6.45) is 2.66. The van der Waals surface area contributed by atoms with Gasteiger partial charge in [-0.25, -0.2) is 0 Å². The number of aliphatic hydroxyl groups is 1. The highest BCUT2D eigenvalue weighted by molar-refractivity contribution is 5.73. The van der Waals surface area contributed by atoms with Crippen LogP contribution < -0.4 is 0 Å². The highest BCUT2D eigenvalue weighted by Crippen LogP contribution is 2.36. The van der Waals surface area contributed by atoms with Crippen molar-refractivity contribution in [3.05, 3.63) is 108 Å². The van der Waals surface area contributed by atoms with E-state index < -0.39 is 39.0 Å². The first-order valence-corrected chi connectivity index (χ1v) is 11.9. The normalized spacial score (nSPS) is 12.8. The second kappa shape index (κ2) is 16.0. The molecule has 0 aliphatic rings. The Bertz CT molecular complexity index is 1050. The quantitative estimate of drug-likeness (QED) is 0.189. The summed E-state index contributed by atoms with van der Waals surface area (Å²) in [4.78, 5) is 40.6. The molecule has 2 unspecified atom stereocenters. The molecule has 0 bridgehead atoms. The number of carbonyl (C=O) groups is 1. The van der Waals surface area contributed by atoms with E-state index in [1.54, 1.807) is 50.3 Å². The molecule has 11 nitrogen and oxygen atoms in total. The van der Waals surface area contributed by atoms with Gasteiger partial charge in [-0.3, -0.25) is 35.1 Å². The molecular weight excluding hydrogens is 494 g/mol. The van der Waals surface area contributed by atoms with Gasteiger partial charge in [0.05, 0.1) is 5.92 Å². The number of carbonyl (C=O) groups excluding carboxylic acids is 1. The Morgan fingerprint density at radius 2 is 1.24 bits per heavy atom. The summed E-state index contributed by atoms with van der Waals surface area (Å²) in [5, 5.41) is 42.2. The molecule has 2 aromatic carbocycles. The molecule has 0 radical (unpaired) electrons. The van der Waals surface area contributed by atoms with Crippen LogP contribution in [0.5, 0.6) is 0 Å². The van der Waals surface area contributed by atoms with Crippen molar-refractivity contribution in [3.8, 4) is 0 Å². The maximum Gasteiger partial charge on any atom is 0.242 e. The molecule has 1 N–H and O–H groups in total. The lowest BCUT2D eigenvalue weighted by Gasteiger charge is -2.31. The number of hydrogen-bond donors (Lipinski definition) is 1. The van der Waals surface area contributed by atoms with Crippen LogP contribution in [0.2, 0.25) is 0 Å². The van der Waals surface area contributed by atoms with Gasteiger partial charge in [-0.2, -0.15) is 0 Å². The van der Waals surface area contributed by atoms with E-state index in [4.69, 9.17) is 0 Å². The van der Waals surface area contributed by atoms with Gasteiger partial charge < -0.3 is 5.11 Å². The SMILES string of the molecule is CC(C)(C(O)CC(c1ccccc1)C(C)(C)[N+](=O)[O-])[N+](=O)[O-].CC(C)[N+](=O)[O-].O=C/C=C/c1ccccc1. The third-order valence-electron chi connectivity index (χ3n) is 5.86. The number of hydrogen-bond acceptors (Lipinski definition) is 8. The van der Waals surface area contributed by atoms with Crippen LogP contribution in [0.15, 0.2) is 66.7 Å². The predicted molar refractivity (Wildman–Crippen MR) is 146 cm³/mol. The van der Waals surface area contributed by atoms with Crippen molar-refractivity contribution in [2.75, 3.05) is 0 Å². The van der Waals surface area contributed by atoms with Gasteiger partial charge >= 0.3 is 0 Å². The fourth-order valence-electron chi connectivity index (χ4n) is 2.99. The molecule has 2 rings (SSSR count). The Kier molecular flexibility index (Phi) is 14.3. The standard InChI is InChI=1S/C15H22N2O5.C9H8O.C3H7NO2/c1-14(2,16(19)20)12(11-8-6-5-7-9-11)10-13(18)15(3,4)17(21)22;10-8-4-7-9-5-2-1-3-6-9;1-3(2)4(5)6/h5-9,12-13,18H,10H2,1-4H3;1-8H;3H,1-2H3/b;7-4+;. The largest absolute Gasteiger partial charge is 0.386 e. The second-order valence-electron chi connectivity index (χ2n) is 9.82. The van der Waals surface area contributed by atoms with Gasteiger partial charge in [-0.15, -0.1) is 0 Å². The summed E-state index contributed by atoms with van der Waals surface area (Å²) in [5.41, 5.74) is -1.19. The van der Waals surface area contributed by atoms with Crippen molar-refractivity contribution in [2.24, 2.45) is 0 Å². The summed E-state index contributed by atoms with van der Waals surface area (Å²) in [6.45, 7) is 8.66. The smallest absolute Gasteiger partial charge is 0.242 e. The fraction of sp³-hybridized carbons (Fsp3) is 0.444. The molecule has 2 aromatic rings. The number of allylic oxidation sites excluding steroid dienone is 1. The van der Waals surface area contributed by atoms with Crippen molar-refractivity contribution < 1.29 is 24.7 Å². The van der Waals surface area contributed by atoms with Crippen LogP contribution in [-0.2, 0) is 4.79 Å². The van der Waals surface area contributed by atoms with E-state index in [-0.39, 0.29) is 11.3 Å². The van der Waals surface area contributed by atoms with E-state index in [1.807, 2.05) is 30.3 Å². The van der Waals surface area contributed by atoms with E-state index in [0.29, 0.717) is 5.56 Å². The van der Waals surface area contributed by atoms with Crippen LogP contribution in [0.25, 0.3) is 6.08 Å². The lowest BCUT2D eigenvalue weighted by molar-refractivity contribution is -0.578. The molecule has 0 amide bonds. The van der Waals surface area contributed by atoms with Crippen molar-refractivity contribution in [3.63, 3.8) is 0 Å². The predicted octanol–water partition coefficient (Wildman–Crippen LogP) is 5.20. The zero-order valence-corrected chi connectivity index (χ0v) is 22.6. The topological polar surface area (TPSA) is 167 Å². The Labute approximate surface area is 222 Å². The van der Waals surface area contributed by atoms with E-state index >= 15 is 0 Å². The Morgan fingerprint density at radius 3 is 1.61 bits per heavy atom. The van der Waals surface area contributed by atoms with Crippen molar-refractivity contribution >= 4 is 12.4 Å². The average molecular weight is 532 g/mol. The lowest BCUT2D eigenvalue weighted by Crippen LogP contribution is -2.47. The average Bonchev–Trinajstić information content (AvgIpc) is 2.87. The minimum Gasteiger partial charge on any atom is -0.386 e. The lowest BCUT2D eigenvalue weighted by atomic mass is 9.76. The Balaban J connectivity index is 0.000000699. The maximum atomic E-state index is 11.4. The first-order chi connectivity index (χ1) is 17.6. The molecule has 208 valence electrons. The fourth-order valence-corrected chi connectivity index (χ4v) is 2.99. The van der Waals surface area contributed by atoms with E-state index in [1.165, 1.54) is 33.8 Å². The van der Waals surface area contributed by atoms with Gasteiger partial charge in [0.1, 0.15) is 12.4 Å². The van der Waals surface area contributed by atoms with Crippen LogP contribution in [0.1, 0.15) is 65.0 Å². The van der Waals surface area contributed by atoms with Crippen LogP contribution >= 0.6 is 0 Å². The molecule has 0 fully saturated rings. The van der Waals surface area contributed by atoms with E-state index in [9.17, 15) is 40.2 Å². The first-order valence-electron chi connectivity index (χ1n) is 11.9. The van der Waals surface area contributed by atoms with Crippen molar-refractivity contribution in [1.29, 1.82) is 0 Å². The molecule has 0 aromatic heterocycles. The molecular formula is C27H37N3O8. The van der Waals surface area contributed by atoms with Crippen LogP contribution in [0, 0.1) is 30.3 Å². The number of aliphatic hydroxyl groups excluding tert-OH is 1. The molecule has 0 aliphatic heterocycles. The molecule has 0 heterocycles. The summed E-state index contributed by atoms with van der Waals surface area (Å²) in [7, 11) is 0. The molecule has 0 aliphatic carbocycles. The maximum absolute atomic E-state index is 11.4. The number of benzene rings is 2. The monoisotopic (exact) mass is 531 g/mol. The summed E-state index contributed by atoms with van der Waals surface area (Å²) in [5.74, 6) is -0.641. The Hall–Kier alpha value is -3.99. The Morgan fingerprint density at radius 1 is 0.816 bits per heavy atom. The number of aldehydes is 1. The number of nitrogens with zero attached hydrogens (tertiary/aromatic N) is 3. The minimum atomic E-state index is -1.57. The van der Waals surface area contributed by atoms with Gasteiger partial charge in [-0.05, 0) is 23.6 Å². The molecule has 2 atom stereocenters. The third-order valence-corrected chi connectivity index (χ3v) is 5.86. The van der Waals surface area contributed by atoms with Gasteiger partial charge in [0.2, 0.25) is 17.1 Å². The van der Waals surface area contributed by atoms with Gasteiger partial charge in [-0.1, -0.05) is 66.7 Å². The molecule has 0 spiro atoms. The number of nitro groups is 3. The molecule has 38 heavy (non-hydrogen) atoms. The third kappa shape index (κ3) is 11.4. The molecule has 0 saturated carbocycles. The van der Waals surface area contributed by atoms with Gasteiger partial charge in [0.25, 0.3) is 0 Å². The number of rotatable bonds is 10. The van der Waals surface area contributed by atoms with E-state index in [2.05, 4.69) is 0 Å². The molecule has 0 saturated heterocycles. The van der Waals surface area contributed by atoms with Crippen LogP contribution in [-0.4, -0.2) is 49.4 Å². The first kappa shape index (κ1) is 34.0. The van der Waals surface area contributed by atoms with Gasteiger partial charge in [0.15, 0.2) is 0 Å². The van der Waals surface area contributed by atoms with E-state index in [0.717, 1.165) is 11.8 Å². The highest BCUT2D eigenvalue weighted by Gasteiger charge is 2.48. The molecule has 11 heteroatoms. The highest BCUT2D eigenvalue weighted by atomic mass is 16.6. The van der Waals surface area contributed by atoms with Crippen LogP contribution in [0.4, 0.5) is 0 Å². The zero-order valence-electron chi connectivity index (χ0n) is 22.6. The second-order valence-corrected chi connectivity index (χ2v) is 9.82. The minimum absolute atomic E-state index is 0.0635.